The molecule has 0 aromatic heterocycles. The van der Waals surface area contributed by atoms with Gasteiger partial charge in [0.05, 0.1) is 8.41 Å². The van der Waals surface area contributed by atoms with Crippen molar-refractivity contribution in [3.63, 3.8) is 0 Å². The maximum Gasteiger partial charge on any atom is 0.0814 e. The minimum absolute atomic E-state index is 0. The zero-order valence-corrected chi connectivity index (χ0v) is 2.82. The van der Waals surface area contributed by atoms with Crippen molar-refractivity contribution in [2.75, 3.05) is 14.2 Å². The molecule has 0 aliphatic carbocycles. The highest BCUT2D eigenvalue weighted by Gasteiger charge is 1.25. The highest BCUT2D eigenvalue weighted by molar-refractivity contribution is 5.75. The van der Waals surface area contributed by atoms with Crippen molar-refractivity contribution < 1.29 is 9.44 Å². The molecule has 0 aliphatic heterocycles. The summed E-state index contributed by atoms with van der Waals surface area (Å²) >= 11 is 0. The second kappa shape index (κ2) is 37.9. The first-order valence-corrected chi connectivity index (χ1v) is 0.816. The Hall–Kier alpha value is -0.0451. The van der Waals surface area contributed by atoms with Gasteiger partial charge in [-0.1, -0.05) is 0 Å². The van der Waals surface area contributed by atoms with Crippen molar-refractivity contribution in [1.82, 2.24) is 0 Å². The van der Waals surface area contributed by atoms with Crippen LogP contribution in [-0.4, -0.2) is 22.6 Å². The lowest BCUT2D eigenvalue weighted by Crippen LogP contribution is -1.55. The average Bonchev–Trinajstić information content (AvgIpc) is 0.918. The van der Waals surface area contributed by atoms with Crippen molar-refractivity contribution in [3.8, 4) is 0 Å². The Kier molecular flexibility index (Phi) is 154. The summed E-state index contributed by atoms with van der Waals surface area (Å²) in [4.78, 5) is 0. The van der Waals surface area contributed by atoms with Gasteiger partial charge in [-0.3, -0.25) is 4.70 Å². The Morgan fingerprint density at radius 3 is 1.20 bits per heavy atom. The quantitative estimate of drug-likeness (QED) is 0.347. The molecule has 0 spiro atoms. The highest BCUT2D eigenvalue weighted by atomic mass is 19.0. The van der Waals surface area contributed by atoms with E-state index >= 15 is 0 Å². The predicted octanol–water partition coefficient (Wildman–Crippen LogP) is -0.769. The van der Waals surface area contributed by atoms with E-state index in [0.717, 1.165) is 0 Å². The Morgan fingerprint density at radius 1 is 1.20 bits per heavy atom. The molecule has 3 heteroatoms. The molecular formula is C2H10BFO. The summed E-state index contributed by atoms with van der Waals surface area (Å²) in [5.41, 5.74) is 0. The Bertz CT molecular complexity index is 9.61. The molecule has 0 amide bonds. The van der Waals surface area contributed by atoms with Gasteiger partial charge in [0.2, 0.25) is 0 Å². The molecule has 0 heterocycles. The van der Waals surface area contributed by atoms with Crippen LogP contribution in [0.1, 0.15) is 0 Å². The van der Waals surface area contributed by atoms with Crippen LogP contribution < -0.4 is 0 Å². The Balaban J connectivity index is -0.0000000200. The molecule has 0 aromatic carbocycles. The van der Waals surface area contributed by atoms with Crippen LogP contribution in [0.15, 0.2) is 0 Å². The fourth-order valence-electron chi connectivity index (χ4n) is 0. The third-order valence-corrected chi connectivity index (χ3v) is 0. The van der Waals surface area contributed by atoms with Crippen LogP contribution in [0.3, 0.4) is 0 Å². The van der Waals surface area contributed by atoms with Crippen LogP contribution in [0.2, 0.25) is 0 Å². The second-order valence-electron chi connectivity index (χ2n) is 0.408. The maximum atomic E-state index is 4.25. The number of ether oxygens (including phenoxy) is 1. The Morgan fingerprint density at radius 2 is 1.20 bits per heavy atom. The second-order valence-corrected chi connectivity index (χ2v) is 0.408. The molecule has 0 fully saturated rings. The molecule has 0 aromatic rings. The molecule has 0 aliphatic rings. The third-order valence-electron chi connectivity index (χ3n) is 0. The lowest BCUT2D eigenvalue weighted by Gasteiger charge is -1.61. The molecule has 0 rings (SSSR count). The first-order valence-electron chi connectivity index (χ1n) is 0.816. The zero-order valence-electron chi connectivity index (χ0n) is 2.82. The molecule has 0 N–H and O–H groups in total. The van der Waals surface area contributed by atoms with Gasteiger partial charge in [-0.2, -0.15) is 0 Å². The van der Waals surface area contributed by atoms with Crippen LogP contribution in [0, 0.1) is 0 Å². The first-order chi connectivity index (χ1) is 1.41. The zero-order chi connectivity index (χ0) is 2.71. The summed E-state index contributed by atoms with van der Waals surface area (Å²) in [6, 6.07) is 0. The van der Waals surface area contributed by atoms with E-state index in [2.05, 4.69) is 4.74 Å². The van der Waals surface area contributed by atoms with Crippen molar-refractivity contribution in [3.05, 3.63) is 0 Å². The molecule has 0 saturated heterocycles. The van der Waals surface area contributed by atoms with E-state index < -0.39 is 0 Å². The lowest BCUT2D eigenvalue weighted by atomic mass is 10.8. The van der Waals surface area contributed by atoms with Gasteiger partial charge < -0.3 is 4.74 Å². The first kappa shape index (κ1) is 20.3. The summed E-state index contributed by atoms with van der Waals surface area (Å²) in [6.07, 6.45) is 0. The van der Waals surface area contributed by atoms with E-state index in [-0.39, 0.29) is 13.1 Å². The molecule has 34 valence electrons. The number of rotatable bonds is 0. The van der Waals surface area contributed by atoms with Crippen LogP contribution in [-0.2, 0) is 4.74 Å². The van der Waals surface area contributed by atoms with Crippen LogP contribution in [0.5, 0.6) is 0 Å². The standard InChI is InChI=1S/C2H6O.BH3.FH/c1-3-2;;/h1-2H3;1H3;1H. The fraction of sp³-hybridized carbons (Fsp3) is 1.00. The molecule has 0 atom stereocenters. The van der Waals surface area contributed by atoms with E-state index in [1.165, 1.54) is 0 Å². The SMILES string of the molecule is B.COC.F. The molecular weight excluding hydrogens is 69.8 g/mol. The minimum Gasteiger partial charge on any atom is -0.388 e. The van der Waals surface area contributed by atoms with Gasteiger partial charge in [0, 0.05) is 14.2 Å². The fourth-order valence-corrected chi connectivity index (χ4v) is 0. The largest absolute Gasteiger partial charge is 0.388 e. The van der Waals surface area contributed by atoms with Gasteiger partial charge in [0.25, 0.3) is 0 Å². The van der Waals surface area contributed by atoms with Crippen LogP contribution in [0.25, 0.3) is 0 Å². The van der Waals surface area contributed by atoms with Gasteiger partial charge >= 0.3 is 0 Å². The third kappa shape index (κ3) is 7440. The molecule has 5 heavy (non-hydrogen) atoms. The summed E-state index contributed by atoms with van der Waals surface area (Å²) in [6.45, 7) is 0. The van der Waals surface area contributed by atoms with Crippen molar-refractivity contribution in [2.45, 2.75) is 0 Å². The Labute approximate surface area is 33.3 Å². The number of methoxy groups -OCH3 is 1. The summed E-state index contributed by atoms with van der Waals surface area (Å²) < 4.78 is 4.25. The number of hydrogen-bond donors (Lipinski definition) is 0. The summed E-state index contributed by atoms with van der Waals surface area (Å²) in [5.74, 6) is 0. The van der Waals surface area contributed by atoms with Crippen LogP contribution >= 0.6 is 0 Å². The van der Waals surface area contributed by atoms with Gasteiger partial charge in [0.1, 0.15) is 0 Å². The predicted molar refractivity (Wildman–Crippen MR) is 25.4 cm³/mol. The van der Waals surface area contributed by atoms with Gasteiger partial charge in [-0.25, -0.2) is 0 Å². The molecule has 0 bridgehead atoms. The van der Waals surface area contributed by atoms with E-state index in [0.29, 0.717) is 0 Å². The number of halogens is 1. The molecule has 1 nitrogen and oxygen atoms in total. The van der Waals surface area contributed by atoms with Crippen molar-refractivity contribution in [1.29, 1.82) is 0 Å². The van der Waals surface area contributed by atoms with E-state index in [1.54, 1.807) is 14.2 Å². The molecule has 0 radical (unpaired) electrons. The topological polar surface area (TPSA) is 9.23 Å². The van der Waals surface area contributed by atoms with E-state index in [9.17, 15) is 0 Å². The lowest BCUT2D eigenvalue weighted by molar-refractivity contribution is 0.277. The van der Waals surface area contributed by atoms with E-state index in [1.807, 2.05) is 0 Å². The normalized spacial score (nSPS) is 3.60. The minimum atomic E-state index is 0. The van der Waals surface area contributed by atoms with Gasteiger partial charge in [-0.15, -0.1) is 0 Å². The van der Waals surface area contributed by atoms with Crippen LogP contribution in [0.4, 0.5) is 4.70 Å². The average molecular weight is 79.9 g/mol. The highest BCUT2D eigenvalue weighted by Crippen LogP contribution is 1.28. The van der Waals surface area contributed by atoms with Gasteiger partial charge in [0.15, 0.2) is 0 Å². The van der Waals surface area contributed by atoms with Gasteiger partial charge in [-0.05, 0) is 0 Å². The van der Waals surface area contributed by atoms with Crippen molar-refractivity contribution >= 4 is 8.41 Å². The summed E-state index contributed by atoms with van der Waals surface area (Å²) in [7, 11) is 3.25. The maximum absolute atomic E-state index is 4.25. The molecule has 0 saturated carbocycles. The summed E-state index contributed by atoms with van der Waals surface area (Å²) in [5, 5.41) is 0. The van der Waals surface area contributed by atoms with Crippen molar-refractivity contribution in [2.24, 2.45) is 0 Å². The number of hydrogen-bond acceptors (Lipinski definition) is 1. The monoisotopic (exact) mass is 80.1 g/mol. The molecule has 0 unspecified atom stereocenters. The van der Waals surface area contributed by atoms with E-state index in [4.69, 9.17) is 0 Å². The smallest absolute Gasteiger partial charge is 0.0814 e.